The molecule has 0 spiro atoms. The molecule has 1 saturated heterocycles. The molecule has 0 aliphatic carbocycles. The summed E-state index contributed by atoms with van der Waals surface area (Å²) in [5.41, 5.74) is 2.65. The Morgan fingerprint density at radius 1 is 1.36 bits per heavy atom. The third kappa shape index (κ3) is 2.46. The molecule has 1 aromatic carbocycles. The third-order valence-corrected chi connectivity index (χ3v) is 3.98. The van der Waals surface area contributed by atoms with Gasteiger partial charge >= 0.3 is 6.03 Å². The number of nitrogens with zero attached hydrogens (tertiary/aromatic N) is 2. The molecule has 0 bridgehead atoms. The van der Waals surface area contributed by atoms with E-state index < -0.39 is 12.1 Å². The summed E-state index contributed by atoms with van der Waals surface area (Å²) in [7, 11) is 0. The number of imide groups is 1. The second kappa shape index (κ2) is 5.46. The molecule has 1 aromatic heterocycles. The van der Waals surface area contributed by atoms with E-state index in [1.165, 1.54) is 4.90 Å². The van der Waals surface area contributed by atoms with Crippen LogP contribution < -0.4 is 5.32 Å². The SMILES string of the molecule is Cc1ccc(-c2cnc(C(C)N3C(=O)CNC3=O)[nH]2)c(Cl)c1. The summed E-state index contributed by atoms with van der Waals surface area (Å²) in [6.45, 7) is 3.75. The van der Waals surface area contributed by atoms with Crippen molar-refractivity contribution in [3.63, 3.8) is 0 Å². The molecule has 3 rings (SSSR count). The zero-order valence-corrected chi connectivity index (χ0v) is 12.9. The number of amides is 3. The largest absolute Gasteiger partial charge is 0.340 e. The fourth-order valence-electron chi connectivity index (χ4n) is 2.47. The van der Waals surface area contributed by atoms with Gasteiger partial charge in [-0.25, -0.2) is 9.78 Å². The fraction of sp³-hybridized carbons (Fsp3) is 0.267. The van der Waals surface area contributed by atoms with Crippen molar-refractivity contribution < 1.29 is 9.59 Å². The predicted molar refractivity (Wildman–Crippen MR) is 82.4 cm³/mol. The summed E-state index contributed by atoms with van der Waals surface area (Å²) in [6, 6.07) is 4.88. The summed E-state index contributed by atoms with van der Waals surface area (Å²) in [4.78, 5) is 32.0. The van der Waals surface area contributed by atoms with Crippen LogP contribution in [0.3, 0.4) is 0 Å². The Morgan fingerprint density at radius 2 is 2.14 bits per heavy atom. The van der Waals surface area contributed by atoms with Gasteiger partial charge in [-0.1, -0.05) is 23.7 Å². The van der Waals surface area contributed by atoms with Crippen molar-refractivity contribution >= 4 is 23.5 Å². The van der Waals surface area contributed by atoms with Gasteiger partial charge in [0.25, 0.3) is 5.91 Å². The Balaban J connectivity index is 1.90. The molecule has 22 heavy (non-hydrogen) atoms. The zero-order valence-electron chi connectivity index (χ0n) is 12.2. The average Bonchev–Trinajstić information content (AvgIpc) is 3.06. The van der Waals surface area contributed by atoms with E-state index in [9.17, 15) is 9.59 Å². The molecule has 1 atom stereocenters. The molecule has 1 fully saturated rings. The highest BCUT2D eigenvalue weighted by molar-refractivity contribution is 6.33. The molecule has 7 heteroatoms. The maximum absolute atomic E-state index is 11.7. The van der Waals surface area contributed by atoms with Crippen LogP contribution >= 0.6 is 11.6 Å². The van der Waals surface area contributed by atoms with E-state index in [-0.39, 0.29) is 12.5 Å². The summed E-state index contributed by atoms with van der Waals surface area (Å²) in [5.74, 6) is 0.279. The number of nitrogens with one attached hydrogen (secondary N) is 2. The smallest absolute Gasteiger partial charge is 0.325 e. The topological polar surface area (TPSA) is 78.1 Å². The van der Waals surface area contributed by atoms with Crippen molar-refractivity contribution in [1.82, 2.24) is 20.2 Å². The molecular formula is C15H15ClN4O2. The summed E-state index contributed by atoms with van der Waals surface area (Å²) in [5, 5.41) is 3.12. The van der Waals surface area contributed by atoms with Crippen LogP contribution in [0.15, 0.2) is 24.4 Å². The lowest BCUT2D eigenvalue weighted by Crippen LogP contribution is -2.34. The van der Waals surface area contributed by atoms with Crippen LogP contribution in [0.4, 0.5) is 4.79 Å². The van der Waals surface area contributed by atoms with Gasteiger partial charge in [0.15, 0.2) is 0 Å². The summed E-state index contributed by atoms with van der Waals surface area (Å²) in [6.07, 6.45) is 1.65. The average molecular weight is 319 g/mol. The van der Waals surface area contributed by atoms with Gasteiger partial charge in [-0.2, -0.15) is 0 Å². The zero-order chi connectivity index (χ0) is 15.9. The molecule has 114 valence electrons. The second-order valence-corrected chi connectivity index (χ2v) is 5.67. The number of carbonyl (C=O) groups is 2. The minimum Gasteiger partial charge on any atom is -0.340 e. The number of rotatable bonds is 3. The van der Waals surface area contributed by atoms with E-state index in [2.05, 4.69) is 15.3 Å². The Hall–Kier alpha value is -2.34. The van der Waals surface area contributed by atoms with Crippen LogP contribution in [0.2, 0.25) is 5.02 Å². The van der Waals surface area contributed by atoms with E-state index >= 15 is 0 Å². The van der Waals surface area contributed by atoms with Crippen LogP contribution in [0, 0.1) is 6.92 Å². The monoisotopic (exact) mass is 318 g/mol. The summed E-state index contributed by atoms with van der Waals surface area (Å²) < 4.78 is 0. The number of aromatic nitrogens is 2. The lowest BCUT2D eigenvalue weighted by molar-refractivity contribution is -0.126. The lowest BCUT2D eigenvalue weighted by Gasteiger charge is -2.19. The van der Waals surface area contributed by atoms with Crippen LogP contribution in [-0.4, -0.2) is 33.4 Å². The first-order chi connectivity index (χ1) is 10.5. The number of hydrogen-bond donors (Lipinski definition) is 2. The number of aryl methyl sites for hydroxylation is 1. The van der Waals surface area contributed by atoms with Crippen molar-refractivity contribution in [3.8, 4) is 11.3 Å². The van der Waals surface area contributed by atoms with Crippen molar-refractivity contribution in [2.45, 2.75) is 19.9 Å². The standard InChI is InChI=1S/C15H15ClN4O2/c1-8-3-4-10(11(16)5-8)12-6-17-14(19-12)9(2)20-13(21)7-18-15(20)22/h3-6,9H,7H2,1-2H3,(H,17,19)(H,18,22). The van der Waals surface area contributed by atoms with Gasteiger partial charge in [0.1, 0.15) is 5.82 Å². The minimum atomic E-state index is -0.465. The van der Waals surface area contributed by atoms with Gasteiger partial charge in [-0.05, 0) is 25.5 Å². The first kappa shape index (κ1) is 14.6. The van der Waals surface area contributed by atoms with Crippen molar-refractivity contribution in [3.05, 3.63) is 40.8 Å². The van der Waals surface area contributed by atoms with Gasteiger partial charge in [-0.3, -0.25) is 9.69 Å². The number of imidazole rings is 1. The molecule has 3 amide bonds. The number of urea groups is 1. The molecular weight excluding hydrogens is 304 g/mol. The maximum atomic E-state index is 11.7. The quantitative estimate of drug-likeness (QED) is 0.854. The molecule has 2 heterocycles. The molecule has 1 aliphatic heterocycles. The number of carbonyl (C=O) groups excluding carboxylic acids is 2. The first-order valence-electron chi connectivity index (χ1n) is 6.88. The number of benzene rings is 1. The second-order valence-electron chi connectivity index (χ2n) is 5.26. The van der Waals surface area contributed by atoms with Crippen LogP contribution in [0.5, 0.6) is 0 Å². The number of halogens is 1. The van der Waals surface area contributed by atoms with Crippen LogP contribution in [-0.2, 0) is 4.79 Å². The molecule has 1 unspecified atom stereocenters. The highest BCUT2D eigenvalue weighted by Crippen LogP contribution is 2.29. The maximum Gasteiger partial charge on any atom is 0.325 e. The van der Waals surface area contributed by atoms with Gasteiger partial charge in [0.2, 0.25) is 0 Å². The van der Waals surface area contributed by atoms with Gasteiger partial charge < -0.3 is 10.3 Å². The van der Waals surface area contributed by atoms with E-state index in [0.29, 0.717) is 10.8 Å². The highest BCUT2D eigenvalue weighted by Gasteiger charge is 2.34. The molecule has 0 saturated carbocycles. The minimum absolute atomic E-state index is 0.0283. The Labute approximate surface area is 132 Å². The van der Waals surface area contributed by atoms with Crippen LogP contribution in [0.1, 0.15) is 24.4 Å². The predicted octanol–water partition coefficient (Wildman–Crippen LogP) is 2.65. The van der Waals surface area contributed by atoms with Gasteiger partial charge in [0, 0.05) is 5.56 Å². The molecule has 6 nitrogen and oxygen atoms in total. The normalized spacial score (nSPS) is 16.0. The van der Waals surface area contributed by atoms with Crippen molar-refractivity contribution in [2.75, 3.05) is 6.54 Å². The Bertz CT molecular complexity index is 740. The van der Waals surface area contributed by atoms with E-state index in [1.807, 2.05) is 25.1 Å². The number of aromatic amines is 1. The fourth-order valence-corrected chi connectivity index (χ4v) is 2.81. The van der Waals surface area contributed by atoms with Crippen molar-refractivity contribution in [2.24, 2.45) is 0 Å². The number of hydrogen-bond acceptors (Lipinski definition) is 3. The van der Waals surface area contributed by atoms with Gasteiger partial charge in [-0.15, -0.1) is 0 Å². The van der Waals surface area contributed by atoms with E-state index in [1.54, 1.807) is 13.1 Å². The number of H-pyrrole nitrogens is 1. The van der Waals surface area contributed by atoms with E-state index in [0.717, 1.165) is 16.8 Å². The lowest BCUT2D eigenvalue weighted by atomic mass is 10.1. The first-order valence-corrected chi connectivity index (χ1v) is 7.26. The third-order valence-electron chi connectivity index (χ3n) is 3.67. The molecule has 1 aliphatic rings. The molecule has 2 N–H and O–H groups in total. The molecule has 2 aromatic rings. The highest BCUT2D eigenvalue weighted by atomic mass is 35.5. The van der Waals surface area contributed by atoms with Crippen LogP contribution in [0.25, 0.3) is 11.3 Å². The van der Waals surface area contributed by atoms with Gasteiger partial charge in [0.05, 0.1) is 29.5 Å². The molecule has 0 radical (unpaired) electrons. The van der Waals surface area contributed by atoms with Crippen molar-refractivity contribution in [1.29, 1.82) is 0 Å². The summed E-state index contributed by atoms with van der Waals surface area (Å²) >= 11 is 6.25. The van der Waals surface area contributed by atoms with E-state index in [4.69, 9.17) is 11.6 Å². The Morgan fingerprint density at radius 3 is 2.77 bits per heavy atom. The Kier molecular flexibility index (Phi) is 3.62.